The van der Waals surface area contributed by atoms with Crippen molar-refractivity contribution in [3.8, 4) is 0 Å². The molecule has 19 heteroatoms. The van der Waals surface area contributed by atoms with Crippen molar-refractivity contribution < 1.29 is 89.4 Å². The Morgan fingerprint density at radius 2 is 0.698 bits per heavy atom. The number of aliphatic hydroxyl groups is 11. The van der Waals surface area contributed by atoms with Crippen molar-refractivity contribution in [3.63, 3.8) is 0 Å². The summed E-state index contributed by atoms with van der Waals surface area (Å²) in [6.45, 7) is 1.74. The van der Waals surface area contributed by atoms with E-state index in [0.29, 0.717) is 12.8 Å². The van der Waals surface area contributed by atoms with E-state index in [2.05, 4.69) is 55.6 Å². The van der Waals surface area contributed by atoms with Gasteiger partial charge in [-0.25, -0.2) is 0 Å². The number of aliphatic hydroxyl groups excluding tert-OH is 11. The Bertz CT molecular complexity index is 1930. The molecule has 562 valence electrons. The number of carbonyl (C=O) groups is 1. The van der Waals surface area contributed by atoms with Crippen LogP contribution in [0.1, 0.15) is 303 Å². The predicted octanol–water partition coefficient (Wildman–Crippen LogP) is 12.1. The van der Waals surface area contributed by atoms with E-state index in [0.717, 1.165) is 57.8 Å². The van der Waals surface area contributed by atoms with Gasteiger partial charge in [-0.15, -0.1) is 0 Å². The minimum Gasteiger partial charge on any atom is -0.394 e. The zero-order valence-electron chi connectivity index (χ0n) is 59.9. The Labute approximate surface area is 580 Å². The van der Waals surface area contributed by atoms with Crippen molar-refractivity contribution in [2.45, 2.75) is 407 Å². The van der Waals surface area contributed by atoms with E-state index in [1.807, 2.05) is 6.08 Å². The first-order valence-electron chi connectivity index (χ1n) is 38.9. The van der Waals surface area contributed by atoms with Crippen LogP contribution in [0.4, 0.5) is 0 Å². The number of allylic oxidation sites excluding steroid dienone is 7. The summed E-state index contributed by atoms with van der Waals surface area (Å²) in [6.07, 6.45) is 45.3. The van der Waals surface area contributed by atoms with Crippen molar-refractivity contribution in [2.75, 3.05) is 26.4 Å². The molecule has 0 saturated carbocycles. The second-order valence-electron chi connectivity index (χ2n) is 27.8. The highest BCUT2D eigenvalue weighted by atomic mass is 16.8. The topological polar surface area (TPSA) is 307 Å². The number of nitrogens with one attached hydrogen (secondary N) is 1. The van der Waals surface area contributed by atoms with Crippen molar-refractivity contribution in [1.82, 2.24) is 5.32 Å². The quantitative estimate of drug-likeness (QED) is 0.0199. The van der Waals surface area contributed by atoms with Crippen LogP contribution in [0.3, 0.4) is 0 Å². The molecule has 0 aromatic carbocycles. The molecule has 12 N–H and O–H groups in total. The van der Waals surface area contributed by atoms with E-state index in [1.165, 1.54) is 212 Å². The molecular weight excluding hydrogens is 1230 g/mol. The number of carbonyl (C=O) groups excluding carboxylic acids is 1. The van der Waals surface area contributed by atoms with E-state index in [4.69, 9.17) is 28.4 Å². The lowest BCUT2D eigenvalue weighted by Crippen LogP contribution is -2.66. The number of amides is 1. The first-order valence-corrected chi connectivity index (χ1v) is 38.9. The van der Waals surface area contributed by atoms with Gasteiger partial charge in [0.15, 0.2) is 18.9 Å². The molecular formula is C77H141NO18. The highest BCUT2D eigenvalue weighted by molar-refractivity contribution is 5.76. The van der Waals surface area contributed by atoms with Crippen LogP contribution in [0.25, 0.3) is 0 Å². The van der Waals surface area contributed by atoms with Gasteiger partial charge in [-0.3, -0.25) is 4.79 Å². The summed E-state index contributed by atoms with van der Waals surface area (Å²) in [5, 5.41) is 121. The van der Waals surface area contributed by atoms with Crippen LogP contribution >= 0.6 is 0 Å². The van der Waals surface area contributed by atoms with E-state index < -0.39 is 124 Å². The third-order valence-electron chi connectivity index (χ3n) is 19.3. The van der Waals surface area contributed by atoms with Crippen molar-refractivity contribution in [2.24, 2.45) is 0 Å². The summed E-state index contributed by atoms with van der Waals surface area (Å²) in [5.74, 6) is -0.287. The molecule has 0 aliphatic carbocycles. The lowest BCUT2D eigenvalue weighted by molar-refractivity contribution is -0.379. The zero-order valence-corrected chi connectivity index (χ0v) is 59.9. The van der Waals surface area contributed by atoms with Crippen molar-refractivity contribution >= 4 is 5.91 Å². The SMILES string of the molecule is CCCCCCC/C=C\C/C=C\CCCCCCCCCCCC(=O)NC(COC1OC(CO)C(OC2OC(CO)C(OC3OC(CO)C(O)C(O)C3O)C(O)C2O)C(O)C1O)C(O)/C=C/CC/C=C/CCCCCCCCCCCCCCCCCCCCCCCCCC. The Morgan fingerprint density at radius 3 is 1.10 bits per heavy atom. The smallest absolute Gasteiger partial charge is 0.220 e. The molecule has 96 heavy (non-hydrogen) atoms. The Hall–Kier alpha value is -2.25. The minimum absolute atomic E-state index is 0.230. The summed E-state index contributed by atoms with van der Waals surface area (Å²) in [7, 11) is 0. The summed E-state index contributed by atoms with van der Waals surface area (Å²) < 4.78 is 34.4. The molecule has 3 rings (SSSR count). The lowest BCUT2D eigenvalue weighted by atomic mass is 9.96. The van der Waals surface area contributed by atoms with Gasteiger partial charge in [-0.2, -0.15) is 0 Å². The number of hydrogen-bond donors (Lipinski definition) is 12. The molecule has 17 atom stereocenters. The second-order valence-corrected chi connectivity index (χ2v) is 27.8. The van der Waals surface area contributed by atoms with Crippen molar-refractivity contribution in [3.05, 3.63) is 48.6 Å². The monoisotopic (exact) mass is 1370 g/mol. The van der Waals surface area contributed by atoms with E-state index >= 15 is 0 Å². The first-order chi connectivity index (χ1) is 46.8. The van der Waals surface area contributed by atoms with Gasteiger partial charge in [0.05, 0.1) is 38.6 Å². The van der Waals surface area contributed by atoms with Crippen LogP contribution < -0.4 is 5.32 Å². The normalized spacial score (nSPS) is 27.3. The van der Waals surface area contributed by atoms with Gasteiger partial charge in [-0.1, -0.05) is 281 Å². The average Bonchev–Trinajstić information content (AvgIpc) is 0.785. The largest absolute Gasteiger partial charge is 0.394 e. The first kappa shape index (κ1) is 88.0. The molecule has 3 heterocycles. The number of ether oxygens (including phenoxy) is 6. The maximum atomic E-state index is 13.4. The summed E-state index contributed by atoms with van der Waals surface area (Å²) in [6, 6.07) is -0.995. The molecule has 0 aromatic rings. The molecule has 1 amide bonds. The molecule has 3 aliphatic rings. The third-order valence-corrected chi connectivity index (χ3v) is 19.3. The fraction of sp³-hybridized carbons (Fsp3) is 0.883. The zero-order chi connectivity index (χ0) is 69.6. The molecule has 0 spiro atoms. The number of rotatable bonds is 61. The van der Waals surface area contributed by atoms with Crippen molar-refractivity contribution in [1.29, 1.82) is 0 Å². The van der Waals surface area contributed by atoms with Gasteiger partial charge in [0, 0.05) is 6.42 Å². The summed E-state index contributed by atoms with van der Waals surface area (Å²) in [4.78, 5) is 13.4. The lowest BCUT2D eigenvalue weighted by Gasteiger charge is -2.48. The van der Waals surface area contributed by atoms with Gasteiger partial charge < -0.3 is 89.9 Å². The van der Waals surface area contributed by atoms with Gasteiger partial charge in [-0.05, 0) is 64.2 Å². The fourth-order valence-electron chi connectivity index (χ4n) is 13.1. The van der Waals surface area contributed by atoms with Crippen LogP contribution in [0.2, 0.25) is 0 Å². The molecule has 3 aliphatic heterocycles. The minimum atomic E-state index is -1.98. The molecule has 0 aromatic heterocycles. The van der Waals surface area contributed by atoms with Gasteiger partial charge in [0.2, 0.25) is 5.91 Å². The molecule has 3 fully saturated rings. The van der Waals surface area contributed by atoms with Crippen LogP contribution in [0.15, 0.2) is 48.6 Å². The molecule has 0 bridgehead atoms. The summed E-state index contributed by atoms with van der Waals surface area (Å²) >= 11 is 0. The summed E-state index contributed by atoms with van der Waals surface area (Å²) in [5.41, 5.74) is 0. The van der Waals surface area contributed by atoms with Crippen LogP contribution in [0.5, 0.6) is 0 Å². The Morgan fingerprint density at radius 1 is 0.375 bits per heavy atom. The predicted molar refractivity (Wildman–Crippen MR) is 379 cm³/mol. The molecule has 3 saturated heterocycles. The Balaban J connectivity index is 1.40. The molecule has 0 radical (unpaired) electrons. The maximum Gasteiger partial charge on any atom is 0.220 e. The van der Waals surface area contributed by atoms with Gasteiger partial charge >= 0.3 is 0 Å². The second kappa shape index (κ2) is 58.3. The van der Waals surface area contributed by atoms with E-state index in [-0.39, 0.29) is 18.9 Å². The maximum absolute atomic E-state index is 13.4. The van der Waals surface area contributed by atoms with Crippen LogP contribution in [-0.2, 0) is 33.2 Å². The molecule has 19 nitrogen and oxygen atoms in total. The van der Waals surface area contributed by atoms with Crippen LogP contribution in [0, 0.1) is 0 Å². The number of hydrogen-bond acceptors (Lipinski definition) is 18. The number of unbranched alkanes of at least 4 members (excludes halogenated alkanes) is 39. The van der Waals surface area contributed by atoms with Gasteiger partial charge in [0.1, 0.15) is 73.2 Å². The van der Waals surface area contributed by atoms with E-state index in [9.17, 15) is 61.0 Å². The standard InChI is InChI=1S/C77H141NO18/c1-3-5-7-9-11-13-15-17-19-21-23-25-26-27-28-29-30-31-32-33-35-36-38-40-42-44-46-48-50-52-54-61(82)60(78-65(83)55-53-51-49-47-45-43-41-39-37-34-24-22-20-18-16-14-12-10-8-6-4-2)59-91-75-71(89)68(86)73(63(57-80)93-75)96-77-72(90)69(87)74(64(58-81)94-77)95-76-70(88)67(85)66(84)62(56-79)92-76/h16,18,22,24,44,46,52,54,60-64,66-77,79-82,84-90H,3-15,17,19-21,23,25-43,45,47-51,53,55-59H2,1-2H3,(H,78,83)/b18-16-,24-22-,46-44+,54-52+. The highest BCUT2D eigenvalue weighted by Gasteiger charge is 2.53. The Kier molecular flexibility index (Phi) is 53.4. The molecule has 17 unspecified atom stereocenters. The average molecular weight is 1370 g/mol. The fourth-order valence-corrected chi connectivity index (χ4v) is 13.1. The van der Waals surface area contributed by atoms with E-state index in [1.54, 1.807) is 6.08 Å². The van der Waals surface area contributed by atoms with Gasteiger partial charge in [0.25, 0.3) is 0 Å². The van der Waals surface area contributed by atoms with Crippen LogP contribution in [-0.4, -0.2) is 193 Å². The highest BCUT2D eigenvalue weighted by Crippen LogP contribution is 2.33. The third kappa shape index (κ3) is 38.7.